The van der Waals surface area contributed by atoms with Gasteiger partial charge in [-0.05, 0) is 38.0 Å². The van der Waals surface area contributed by atoms with Gasteiger partial charge in [0.1, 0.15) is 0 Å². The molecule has 0 aromatic carbocycles. The van der Waals surface area contributed by atoms with Crippen LogP contribution in [0.3, 0.4) is 0 Å². The predicted molar refractivity (Wildman–Crippen MR) is 64.1 cm³/mol. The number of aromatic nitrogens is 1. The van der Waals surface area contributed by atoms with Crippen LogP contribution in [0, 0.1) is 6.92 Å². The summed E-state index contributed by atoms with van der Waals surface area (Å²) in [5, 5.41) is 0. The van der Waals surface area contributed by atoms with Crippen LogP contribution in [0.1, 0.15) is 30.7 Å². The molecule has 14 heavy (non-hydrogen) atoms. The summed E-state index contributed by atoms with van der Waals surface area (Å²) in [4.78, 5) is 3.24. The van der Waals surface area contributed by atoms with Gasteiger partial charge in [0.25, 0.3) is 0 Å². The van der Waals surface area contributed by atoms with Crippen molar-refractivity contribution in [1.82, 2.24) is 4.98 Å². The SMILES string of the molecule is C/C=C\C=C/c1c[nH]c(/C=C\C)c1C. The highest BCUT2D eigenvalue weighted by molar-refractivity contribution is 5.62. The molecule has 0 aliphatic heterocycles. The van der Waals surface area contributed by atoms with E-state index in [4.69, 9.17) is 0 Å². The van der Waals surface area contributed by atoms with Gasteiger partial charge in [-0.1, -0.05) is 30.4 Å². The van der Waals surface area contributed by atoms with Crippen molar-refractivity contribution in [1.29, 1.82) is 0 Å². The highest BCUT2D eigenvalue weighted by Gasteiger charge is 1.99. The molecular weight excluding hydrogens is 170 g/mol. The van der Waals surface area contributed by atoms with Crippen LogP contribution in [0.4, 0.5) is 0 Å². The number of aromatic amines is 1. The monoisotopic (exact) mass is 187 g/mol. The first-order valence-electron chi connectivity index (χ1n) is 4.89. The Kier molecular flexibility index (Phi) is 3.99. The summed E-state index contributed by atoms with van der Waals surface area (Å²) in [6, 6.07) is 0. The molecule has 1 aromatic rings. The van der Waals surface area contributed by atoms with Crippen molar-refractivity contribution >= 4 is 12.2 Å². The van der Waals surface area contributed by atoms with Gasteiger partial charge in [0.15, 0.2) is 0 Å². The first-order valence-corrected chi connectivity index (χ1v) is 4.89. The van der Waals surface area contributed by atoms with Gasteiger partial charge in [0.2, 0.25) is 0 Å². The van der Waals surface area contributed by atoms with Crippen molar-refractivity contribution in [2.45, 2.75) is 20.8 Å². The third-order valence-electron chi connectivity index (χ3n) is 2.13. The van der Waals surface area contributed by atoms with Crippen LogP contribution < -0.4 is 0 Å². The van der Waals surface area contributed by atoms with Crippen LogP contribution in [0.2, 0.25) is 0 Å². The topological polar surface area (TPSA) is 15.8 Å². The average Bonchev–Trinajstić information content (AvgIpc) is 2.51. The van der Waals surface area contributed by atoms with Crippen molar-refractivity contribution in [3.05, 3.63) is 47.3 Å². The van der Waals surface area contributed by atoms with Crippen molar-refractivity contribution in [3.63, 3.8) is 0 Å². The van der Waals surface area contributed by atoms with Crippen molar-refractivity contribution in [2.24, 2.45) is 0 Å². The number of allylic oxidation sites excluding steroid dienone is 4. The van der Waals surface area contributed by atoms with Crippen molar-refractivity contribution < 1.29 is 0 Å². The van der Waals surface area contributed by atoms with Crippen LogP contribution in [-0.2, 0) is 0 Å². The predicted octanol–water partition coefficient (Wildman–Crippen LogP) is 3.95. The van der Waals surface area contributed by atoms with Gasteiger partial charge in [-0.15, -0.1) is 0 Å². The smallest absolute Gasteiger partial charge is 0.0412 e. The van der Waals surface area contributed by atoms with Gasteiger partial charge in [0.05, 0.1) is 0 Å². The van der Waals surface area contributed by atoms with Crippen LogP contribution in [-0.4, -0.2) is 4.98 Å². The third kappa shape index (κ3) is 2.49. The van der Waals surface area contributed by atoms with E-state index in [0.717, 1.165) is 0 Å². The number of hydrogen-bond acceptors (Lipinski definition) is 0. The Morgan fingerprint density at radius 3 is 2.50 bits per heavy atom. The lowest BCUT2D eigenvalue weighted by molar-refractivity contribution is 1.34. The fourth-order valence-corrected chi connectivity index (χ4v) is 1.31. The van der Waals surface area contributed by atoms with Crippen molar-refractivity contribution in [3.8, 4) is 0 Å². The Morgan fingerprint density at radius 1 is 1.07 bits per heavy atom. The molecule has 0 amide bonds. The molecule has 0 fully saturated rings. The molecule has 0 aliphatic carbocycles. The minimum atomic E-state index is 1.19. The molecule has 1 heterocycles. The largest absolute Gasteiger partial charge is 0.361 e. The molecule has 0 bridgehead atoms. The van der Waals surface area contributed by atoms with Gasteiger partial charge in [-0.3, -0.25) is 0 Å². The lowest BCUT2D eigenvalue weighted by Crippen LogP contribution is -1.75. The molecule has 0 saturated heterocycles. The average molecular weight is 187 g/mol. The molecule has 1 heteroatoms. The lowest BCUT2D eigenvalue weighted by atomic mass is 10.1. The van der Waals surface area contributed by atoms with Gasteiger partial charge in [-0.25, -0.2) is 0 Å². The third-order valence-corrected chi connectivity index (χ3v) is 2.13. The quantitative estimate of drug-likeness (QED) is 0.690. The number of nitrogens with one attached hydrogen (secondary N) is 1. The summed E-state index contributed by atoms with van der Waals surface area (Å²) in [5.41, 5.74) is 3.73. The van der Waals surface area contributed by atoms with Gasteiger partial charge >= 0.3 is 0 Å². The Hall–Kier alpha value is -1.50. The van der Waals surface area contributed by atoms with Crippen LogP contribution in [0.15, 0.2) is 30.5 Å². The summed E-state index contributed by atoms with van der Waals surface area (Å²) in [6.45, 7) is 6.16. The minimum absolute atomic E-state index is 1.19. The maximum absolute atomic E-state index is 3.24. The second kappa shape index (κ2) is 5.28. The maximum Gasteiger partial charge on any atom is 0.0412 e. The molecule has 1 aromatic heterocycles. The van der Waals surface area contributed by atoms with E-state index in [-0.39, 0.29) is 0 Å². The lowest BCUT2D eigenvalue weighted by Gasteiger charge is -1.91. The summed E-state index contributed by atoms with van der Waals surface area (Å²) >= 11 is 0. The minimum Gasteiger partial charge on any atom is -0.361 e. The molecule has 74 valence electrons. The van der Waals surface area contributed by atoms with Crippen molar-refractivity contribution in [2.75, 3.05) is 0 Å². The fourth-order valence-electron chi connectivity index (χ4n) is 1.31. The Morgan fingerprint density at radius 2 is 1.86 bits per heavy atom. The summed E-state index contributed by atoms with van der Waals surface area (Å²) in [7, 11) is 0. The van der Waals surface area contributed by atoms with E-state index < -0.39 is 0 Å². The first-order chi connectivity index (χ1) is 6.79. The molecule has 0 radical (unpaired) electrons. The molecule has 1 N–H and O–H groups in total. The number of rotatable bonds is 3. The Labute approximate surface area is 85.9 Å². The van der Waals surface area contributed by atoms with E-state index in [1.807, 2.05) is 38.3 Å². The van der Waals surface area contributed by atoms with Crippen LogP contribution in [0.5, 0.6) is 0 Å². The molecular formula is C13H17N. The number of H-pyrrole nitrogens is 1. The van der Waals surface area contributed by atoms with Crippen LogP contribution in [0.25, 0.3) is 12.2 Å². The zero-order valence-corrected chi connectivity index (χ0v) is 9.04. The molecule has 1 rings (SSSR count). The molecule has 1 nitrogen and oxygen atoms in total. The molecule has 0 spiro atoms. The summed E-state index contributed by atoms with van der Waals surface area (Å²) in [5.74, 6) is 0. The Bertz CT molecular complexity index is 365. The van der Waals surface area contributed by atoms with E-state index in [2.05, 4.69) is 30.1 Å². The molecule has 0 aliphatic rings. The van der Waals surface area contributed by atoms with E-state index in [9.17, 15) is 0 Å². The highest BCUT2D eigenvalue weighted by Crippen LogP contribution is 2.15. The Balaban J connectivity index is 2.89. The number of hydrogen-bond donors (Lipinski definition) is 1. The second-order valence-electron chi connectivity index (χ2n) is 3.17. The van der Waals surface area contributed by atoms with E-state index >= 15 is 0 Å². The van der Waals surface area contributed by atoms with Crippen LogP contribution >= 0.6 is 0 Å². The van der Waals surface area contributed by atoms with Gasteiger partial charge in [0, 0.05) is 11.9 Å². The molecule has 0 atom stereocenters. The standard InChI is InChI=1S/C13H17N/c1-4-6-7-9-12-10-14-13(8-5-2)11(12)3/h4-10,14H,1-3H3/b6-4-,8-5-,9-7-. The highest BCUT2D eigenvalue weighted by atomic mass is 14.7. The summed E-state index contributed by atoms with van der Waals surface area (Å²) in [6.07, 6.45) is 14.4. The second-order valence-corrected chi connectivity index (χ2v) is 3.17. The zero-order valence-electron chi connectivity index (χ0n) is 9.04. The molecule has 0 unspecified atom stereocenters. The summed E-state index contributed by atoms with van der Waals surface area (Å²) < 4.78 is 0. The zero-order chi connectivity index (χ0) is 10.4. The fraction of sp³-hybridized carbons (Fsp3) is 0.231. The van der Waals surface area contributed by atoms with E-state index in [1.165, 1.54) is 16.8 Å². The van der Waals surface area contributed by atoms with Gasteiger partial charge < -0.3 is 4.98 Å². The van der Waals surface area contributed by atoms with E-state index in [1.54, 1.807) is 0 Å². The normalized spacial score (nSPS) is 12.5. The van der Waals surface area contributed by atoms with Gasteiger partial charge in [-0.2, -0.15) is 0 Å². The maximum atomic E-state index is 3.24. The molecule has 0 saturated carbocycles. The first kappa shape index (κ1) is 10.6. The van der Waals surface area contributed by atoms with E-state index in [0.29, 0.717) is 0 Å².